The van der Waals surface area contributed by atoms with Crippen LogP contribution in [-0.4, -0.2) is 36.5 Å². The first-order chi connectivity index (χ1) is 12.2. The predicted molar refractivity (Wildman–Crippen MR) is 96.3 cm³/mol. The number of ether oxygens (including phenoxy) is 2. The minimum atomic E-state index is -0.358. The Bertz CT molecular complexity index is 764. The second-order valence-electron chi connectivity index (χ2n) is 7.01. The van der Waals surface area contributed by atoms with Crippen molar-refractivity contribution in [2.45, 2.75) is 31.4 Å². The maximum Gasteiger partial charge on any atom is 0.170 e. The van der Waals surface area contributed by atoms with E-state index in [9.17, 15) is 4.79 Å². The van der Waals surface area contributed by atoms with Crippen LogP contribution in [0.2, 0.25) is 0 Å². The number of likely N-dealkylation sites (tertiary alicyclic amines) is 1. The molecule has 0 radical (unpaired) electrons. The third kappa shape index (κ3) is 3.27. The number of rotatable bonds is 3. The summed E-state index contributed by atoms with van der Waals surface area (Å²) in [7, 11) is 1.63. The highest BCUT2D eigenvalue weighted by atomic mass is 16.5. The highest BCUT2D eigenvalue weighted by molar-refractivity contribution is 6.00. The number of methoxy groups -OCH3 is 1. The Morgan fingerprint density at radius 3 is 2.60 bits per heavy atom. The number of nitrogens with zero attached hydrogens (tertiary/aromatic N) is 1. The average molecular weight is 337 g/mol. The second-order valence-corrected chi connectivity index (χ2v) is 7.01. The summed E-state index contributed by atoms with van der Waals surface area (Å²) in [6, 6.07) is 16.0. The first-order valence-corrected chi connectivity index (χ1v) is 8.84. The summed E-state index contributed by atoms with van der Waals surface area (Å²) in [6.07, 6.45) is 2.23. The molecule has 1 saturated heterocycles. The molecule has 2 aliphatic rings. The van der Waals surface area contributed by atoms with Crippen LogP contribution in [0.25, 0.3) is 0 Å². The molecule has 1 fully saturated rings. The molecule has 0 atom stereocenters. The summed E-state index contributed by atoms with van der Waals surface area (Å²) in [6.45, 7) is 2.85. The van der Waals surface area contributed by atoms with Crippen molar-refractivity contribution in [2.24, 2.45) is 0 Å². The van der Waals surface area contributed by atoms with Crippen molar-refractivity contribution < 1.29 is 14.3 Å². The van der Waals surface area contributed by atoms with Crippen LogP contribution >= 0.6 is 0 Å². The van der Waals surface area contributed by atoms with Crippen molar-refractivity contribution in [3.8, 4) is 11.5 Å². The van der Waals surface area contributed by atoms with Gasteiger partial charge in [-0.3, -0.25) is 9.69 Å². The van der Waals surface area contributed by atoms with Crippen molar-refractivity contribution in [3.05, 3.63) is 59.7 Å². The molecule has 130 valence electrons. The first kappa shape index (κ1) is 16.2. The predicted octanol–water partition coefficient (Wildman–Crippen LogP) is 3.70. The van der Waals surface area contributed by atoms with Crippen molar-refractivity contribution in [1.29, 1.82) is 0 Å². The Morgan fingerprint density at radius 2 is 1.88 bits per heavy atom. The molecule has 1 spiro atoms. The van der Waals surface area contributed by atoms with Crippen LogP contribution in [-0.2, 0) is 6.54 Å². The molecule has 0 amide bonds. The van der Waals surface area contributed by atoms with E-state index < -0.39 is 0 Å². The summed E-state index contributed by atoms with van der Waals surface area (Å²) in [4.78, 5) is 15.0. The molecule has 25 heavy (non-hydrogen) atoms. The van der Waals surface area contributed by atoms with Crippen molar-refractivity contribution >= 4 is 5.78 Å². The van der Waals surface area contributed by atoms with Gasteiger partial charge in [-0.1, -0.05) is 30.3 Å². The third-order valence-corrected chi connectivity index (χ3v) is 5.31. The standard InChI is InChI=1S/C21H23NO3/c1-24-17-7-8-18-19(23)14-21(25-20(18)13-17)9-11-22(12-10-21)15-16-5-3-2-4-6-16/h2-8,13H,9-12,14-15H2,1H3. The number of ketones is 1. The van der Waals surface area contributed by atoms with E-state index in [4.69, 9.17) is 9.47 Å². The lowest BCUT2D eigenvalue weighted by atomic mass is 9.82. The lowest BCUT2D eigenvalue weighted by Crippen LogP contribution is -2.50. The monoisotopic (exact) mass is 337 g/mol. The molecule has 0 unspecified atom stereocenters. The van der Waals surface area contributed by atoms with Gasteiger partial charge in [0.15, 0.2) is 5.78 Å². The van der Waals surface area contributed by atoms with Crippen LogP contribution in [0.1, 0.15) is 35.2 Å². The SMILES string of the molecule is COc1ccc2c(c1)OC1(CCN(Cc3ccccc3)CC1)CC2=O. The molecule has 0 aromatic heterocycles. The van der Waals surface area contributed by atoms with Crippen LogP contribution in [0.3, 0.4) is 0 Å². The normalized spacial score (nSPS) is 19.3. The summed E-state index contributed by atoms with van der Waals surface area (Å²) >= 11 is 0. The maximum absolute atomic E-state index is 12.6. The fourth-order valence-electron chi connectivity index (χ4n) is 3.84. The van der Waals surface area contributed by atoms with Gasteiger partial charge in [0.25, 0.3) is 0 Å². The van der Waals surface area contributed by atoms with Crippen LogP contribution in [0.4, 0.5) is 0 Å². The first-order valence-electron chi connectivity index (χ1n) is 8.84. The van der Waals surface area contributed by atoms with E-state index in [2.05, 4.69) is 29.2 Å². The molecule has 4 heteroatoms. The zero-order chi connectivity index (χ0) is 17.3. The molecule has 0 aliphatic carbocycles. The number of Topliss-reactive ketones (excluding diaryl/α,β-unsaturated/α-hetero) is 1. The van der Waals surface area contributed by atoms with Crippen LogP contribution in [0, 0.1) is 0 Å². The van der Waals surface area contributed by atoms with E-state index in [0.717, 1.165) is 38.2 Å². The largest absolute Gasteiger partial charge is 0.497 e. The summed E-state index contributed by atoms with van der Waals surface area (Å²) in [5.74, 6) is 1.58. The highest BCUT2D eigenvalue weighted by Crippen LogP contribution is 2.40. The van der Waals surface area contributed by atoms with E-state index in [1.807, 2.05) is 24.3 Å². The Balaban J connectivity index is 1.46. The summed E-state index contributed by atoms with van der Waals surface area (Å²) in [5, 5.41) is 0. The minimum Gasteiger partial charge on any atom is -0.497 e. The Morgan fingerprint density at radius 1 is 1.12 bits per heavy atom. The number of carbonyl (C=O) groups excluding carboxylic acids is 1. The van der Waals surface area contributed by atoms with E-state index in [-0.39, 0.29) is 11.4 Å². The number of fused-ring (bicyclic) bond motifs is 1. The van der Waals surface area contributed by atoms with Gasteiger partial charge in [-0.25, -0.2) is 0 Å². The van der Waals surface area contributed by atoms with Gasteiger partial charge in [-0.15, -0.1) is 0 Å². The fourth-order valence-corrected chi connectivity index (χ4v) is 3.84. The zero-order valence-corrected chi connectivity index (χ0v) is 14.5. The number of carbonyl (C=O) groups is 1. The Kier molecular flexibility index (Phi) is 4.22. The quantitative estimate of drug-likeness (QED) is 0.856. The van der Waals surface area contributed by atoms with E-state index in [1.165, 1.54) is 5.56 Å². The van der Waals surface area contributed by atoms with Crippen LogP contribution in [0.15, 0.2) is 48.5 Å². The number of hydrogen-bond acceptors (Lipinski definition) is 4. The van der Waals surface area contributed by atoms with Crippen LogP contribution in [0.5, 0.6) is 11.5 Å². The molecule has 2 aromatic rings. The molecule has 2 aliphatic heterocycles. The van der Waals surface area contributed by atoms with Gasteiger partial charge < -0.3 is 9.47 Å². The molecule has 4 nitrogen and oxygen atoms in total. The van der Waals surface area contributed by atoms with Crippen molar-refractivity contribution in [2.75, 3.05) is 20.2 Å². The third-order valence-electron chi connectivity index (χ3n) is 5.31. The molecular formula is C21H23NO3. The molecule has 2 aromatic carbocycles. The highest BCUT2D eigenvalue weighted by Gasteiger charge is 2.42. The van der Waals surface area contributed by atoms with E-state index >= 15 is 0 Å². The average Bonchev–Trinajstić information content (AvgIpc) is 2.64. The lowest BCUT2D eigenvalue weighted by molar-refractivity contribution is -0.0108. The van der Waals surface area contributed by atoms with E-state index in [0.29, 0.717) is 17.7 Å². The zero-order valence-electron chi connectivity index (χ0n) is 14.5. The van der Waals surface area contributed by atoms with Gasteiger partial charge in [0.05, 0.1) is 19.1 Å². The van der Waals surface area contributed by atoms with Crippen molar-refractivity contribution in [1.82, 2.24) is 4.90 Å². The van der Waals surface area contributed by atoms with Gasteiger partial charge in [0.1, 0.15) is 17.1 Å². The molecule has 2 heterocycles. The molecular weight excluding hydrogens is 314 g/mol. The van der Waals surface area contributed by atoms with Gasteiger partial charge in [0, 0.05) is 38.5 Å². The fraction of sp³-hybridized carbons (Fsp3) is 0.381. The topological polar surface area (TPSA) is 38.8 Å². The van der Waals surface area contributed by atoms with Crippen LogP contribution < -0.4 is 9.47 Å². The maximum atomic E-state index is 12.6. The van der Waals surface area contributed by atoms with Gasteiger partial charge in [-0.2, -0.15) is 0 Å². The summed E-state index contributed by atoms with van der Waals surface area (Å²) < 4.78 is 11.6. The molecule has 0 bridgehead atoms. The Labute approximate surface area is 148 Å². The van der Waals surface area contributed by atoms with Gasteiger partial charge in [-0.05, 0) is 17.7 Å². The second kappa shape index (κ2) is 6.52. The minimum absolute atomic E-state index is 0.181. The molecule has 4 rings (SSSR count). The van der Waals surface area contributed by atoms with Gasteiger partial charge >= 0.3 is 0 Å². The number of benzene rings is 2. The summed E-state index contributed by atoms with van der Waals surface area (Å²) in [5.41, 5.74) is 1.65. The number of piperidine rings is 1. The Hall–Kier alpha value is -2.33. The molecule has 0 saturated carbocycles. The smallest absolute Gasteiger partial charge is 0.170 e. The molecule has 0 N–H and O–H groups in total. The van der Waals surface area contributed by atoms with Crippen molar-refractivity contribution in [3.63, 3.8) is 0 Å². The van der Waals surface area contributed by atoms with Gasteiger partial charge in [0.2, 0.25) is 0 Å². The number of hydrogen-bond donors (Lipinski definition) is 0. The van der Waals surface area contributed by atoms with E-state index in [1.54, 1.807) is 7.11 Å². The lowest BCUT2D eigenvalue weighted by Gasteiger charge is -2.44.